The van der Waals surface area contributed by atoms with Gasteiger partial charge in [-0.25, -0.2) is 0 Å². The molecule has 1 aliphatic heterocycles. The van der Waals surface area contributed by atoms with Crippen LogP contribution in [0.2, 0.25) is 0 Å². The summed E-state index contributed by atoms with van der Waals surface area (Å²) in [5, 5.41) is 6.68. The summed E-state index contributed by atoms with van der Waals surface area (Å²) in [6, 6.07) is 7.24. The molecular formula is C19H22BrN3O3S. The number of carbonyl (C=O) groups is 2. The maximum absolute atomic E-state index is 12.8. The number of nitrogens with zero attached hydrogens (tertiary/aromatic N) is 2. The molecule has 27 heavy (non-hydrogen) atoms. The minimum absolute atomic E-state index is 0.00573. The summed E-state index contributed by atoms with van der Waals surface area (Å²) in [5.41, 5.74) is 1.32. The Morgan fingerprint density at radius 3 is 2.67 bits per heavy atom. The number of halogens is 1. The van der Waals surface area contributed by atoms with E-state index in [1.807, 2.05) is 33.9 Å². The second-order valence-corrected chi connectivity index (χ2v) is 7.88. The Bertz CT molecular complexity index is 790. The number of piperazine rings is 1. The molecule has 6 nitrogen and oxygen atoms in total. The monoisotopic (exact) mass is 451 g/mol. The Kier molecular flexibility index (Phi) is 6.87. The van der Waals surface area contributed by atoms with Gasteiger partial charge in [0.1, 0.15) is 5.75 Å². The van der Waals surface area contributed by atoms with E-state index in [1.165, 1.54) is 11.3 Å². The van der Waals surface area contributed by atoms with E-state index >= 15 is 0 Å². The molecule has 0 spiro atoms. The predicted molar refractivity (Wildman–Crippen MR) is 110 cm³/mol. The van der Waals surface area contributed by atoms with Crippen LogP contribution in [0.25, 0.3) is 0 Å². The second kappa shape index (κ2) is 9.34. The third kappa shape index (κ3) is 5.09. The third-order valence-electron chi connectivity index (χ3n) is 4.56. The van der Waals surface area contributed by atoms with Crippen LogP contribution in [0, 0.1) is 0 Å². The molecule has 0 unspecified atom stereocenters. The smallest absolute Gasteiger partial charge is 0.255 e. The van der Waals surface area contributed by atoms with Gasteiger partial charge in [-0.1, -0.05) is 0 Å². The molecule has 1 aromatic heterocycles. The number of carbonyl (C=O) groups excluding carboxylic acids is 2. The van der Waals surface area contributed by atoms with Crippen molar-refractivity contribution in [2.45, 2.75) is 0 Å². The SMILES string of the molecule is COc1ccc(Br)c(C(=O)N2CCN(CCNC(=O)c3ccsc3)CC2)c1. The Morgan fingerprint density at radius 2 is 2.00 bits per heavy atom. The molecule has 144 valence electrons. The van der Waals surface area contributed by atoms with Crippen molar-refractivity contribution in [3.05, 3.63) is 50.6 Å². The third-order valence-corrected chi connectivity index (χ3v) is 5.94. The quantitative estimate of drug-likeness (QED) is 0.733. The molecule has 1 aromatic carbocycles. The molecule has 1 N–H and O–H groups in total. The van der Waals surface area contributed by atoms with Crippen molar-refractivity contribution in [3.63, 3.8) is 0 Å². The highest BCUT2D eigenvalue weighted by Gasteiger charge is 2.23. The molecular weight excluding hydrogens is 430 g/mol. The topological polar surface area (TPSA) is 61.9 Å². The van der Waals surface area contributed by atoms with E-state index in [2.05, 4.69) is 26.1 Å². The summed E-state index contributed by atoms with van der Waals surface area (Å²) in [4.78, 5) is 28.9. The van der Waals surface area contributed by atoms with Crippen LogP contribution in [0.15, 0.2) is 39.5 Å². The van der Waals surface area contributed by atoms with Crippen LogP contribution in [-0.4, -0.2) is 68.0 Å². The molecule has 2 heterocycles. The first kappa shape index (κ1) is 19.9. The lowest BCUT2D eigenvalue weighted by molar-refractivity contribution is 0.0636. The van der Waals surface area contributed by atoms with Crippen molar-refractivity contribution in [1.29, 1.82) is 0 Å². The Morgan fingerprint density at radius 1 is 1.22 bits per heavy atom. The molecule has 2 amide bonds. The summed E-state index contributed by atoms with van der Waals surface area (Å²) in [7, 11) is 1.59. The van der Waals surface area contributed by atoms with Crippen LogP contribution in [0.4, 0.5) is 0 Å². The van der Waals surface area contributed by atoms with Crippen LogP contribution < -0.4 is 10.1 Å². The van der Waals surface area contributed by atoms with Crippen molar-refractivity contribution >= 4 is 39.1 Å². The maximum atomic E-state index is 12.8. The van der Waals surface area contributed by atoms with E-state index in [0.717, 1.165) is 24.1 Å². The van der Waals surface area contributed by atoms with Crippen LogP contribution in [0.1, 0.15) is 20.7 Å². The summed E-state index contributed by atoms with van der Waals surface area (Å²) in [6.07, 6.45) is 0. The number of rotatable bonds is 6. The van der Waals surface area contributed by atoms with Crippen molar-refractivity contribution in [2.24, 2.45) is 0 Å². The number of benzene rings is 1. The average Bonchev–Trinajstić information content (AvgIpc) is 3.23. The first-order valence-electron chi connectivity index (χ1n) is 8.74. The number of hydrogen-bond donors (Lipinski definition) is 1. The highest BCUT2D eigenvalue weighted by Crippen LogP contribution is 2.24. The molecule has 1 saturated heterocycles. The van der Waals surface area contributed by atoms with E-state index in [4.69, 9.17) is 4.74 Å². The van der Waals surface area contributed by atoms with Crippen LogP contribution >= 0.6 is 27.3 Å². The first-order valence-corrected chi connectivity index (χ1v) is 10.5. The maximum Gasteiger partial charge on any atom is 0.255 e. The molecule has 0 saturated carbocycles. The van der Waals surface area contributed by atoms with Gasteiger partial charge in [-0.3, -0.25) is 14.5 Å². The second-order valence-electron chi connectivity index (χ2n) is 6.25. The van der Waals surface area contributed by atoms with Crippen molar-refractivity contribution < 1.29 is 14.3 Å². The number of thiophene rings is 1. The number of nitrogens with one attached hydrogen (secondary N) is 1. The molecule has 0 aliphatic carbocycles. The van der Waals surface area contributed by atoms with Crippen LogP contribution in [0.5, 0.6) is 5.75 Å². The van der Waals surface area contributed by atoms with Gasteiger partial charge >= 0.3 is 0 Å². The van der Waals surface area contributed by atoms with Crippen LogP contribution in [0.3, 0.4) is 0 Å². The summed E-state index contributed by atoms with van der Waals surface area (Å²) >= 11 is 4.96. The van der Waals surface area contributed by atoms with Crippen molar-refractivity contribution in [3.8, 4) is 5.75 Å². The molecule has 1 aliphatic rings. The van der Waals surface area contributed by atoms with E-state index in [0.29, 0.717) is 36.5 Å². The van der Waals surface area contributed by atoms with Gasteiger partial charge in [0.2, 0.25) is 0 Å². The standard InChI is InChI=1S/C19H22BrN3O3S/c1-26-15-2-3-17(20)16(12-15)19(25)23-9-7-22(8-10-23)6-5-21-18(24)14-4-11-27-13-14/h2-4,11-13H,5-10H2,1H3,(H,21,24). The molecule has 0 bridgehead atoms. The zero-order valence-electron chi connectivity index (χ0n) is 15.1. The number of hydrogen-bond acceptors (Lipinski definition) is 5. The fraction of sp³-hybridized carbons (Fsp3) is 0.368. The number of amides is 2. The Balaban J connectivity index is 1.46. The van der Waals surface area contributed by atoms with E-state index < -0.39 is 0 Å². The van der Waals surface area contributed by atoms with Gasteiger partial charge in [0, 0.05) is 54.7 Å². The van der Waals surface area contributed by atoms with Gasteiger partial charge in [0.25, 0.3) is 11.8 Å². The molecule has 8 heteroatoms. The van der Waals surface area contributed by atoms with Gasteiger partial charge in [-0.15, -0.1) is 0 Å². The molecule has 1 fully saturated rings. The minimum atomic E-state index is -0.0343. The minimum Gasteiger partial charge on any atom is -0.497 e. The number of methoxy groups -OCH3 is 1. The Hall–Kier alpha value is -1.90. The average molecular weight is 452 g/mol. The fourth-order valence-corrected chi connectivity index (χ4v) is 4.02. The largest absolute Gasteiger partial charge is 0.497 e. The normalized spacial score (nSPS) is 14.8. The van der Waals surface area contributed by atoms with Crippen molar-refractivity contribution in [2.75, 3.05) is 46.4 Å². The molecule has 0 atom stereocenters. The number of ether oxygens (including phenoxy) is 1. The van der Waals surface area contributed by atoms with E-state index in [1.54, 1.807) is 13.2 Å². The van der Waals surface area contributed by atoms with E-state index in [9.17, 15) is 9.59 Å². The van der Waals surface area contributed by atoms with Gasteiger partial charge in [-0.2, -0.15) is 11.3 Å². The van der Waals surface area contributed by atoms with Gasteiger partial charge in [0.15, 0.2) is 0 Å². The summed E-state index contributed by atoms with van der Waals surface area (Å²) < 4.78 is 5.99. The summed E-state index contributed by atoms with van der Waals surface area (Å²) in [5.74, 6) is 0.640. The lowest BCUT2D eigenvalue weighted by atomic mass is 10.1. The van der Waals surface area contributed by atoms with Crippen LogP contribution in [-0.2, 0) is 0 Å². The van der Waals surface area contributed by atoms with Gasteiger partial charge < -0.3 is 15.0 Å². The van der Waals surface area contributed by atoms with Gasteiger partial charge in [0.05, 0.1) is 12.7 Å². The molecule has 3 rings (SSSR count). The zero-order chi connectivity index (χ0) is 19.2. The Labute approximate surface area is 171 Å². The molecule has 2 aromatic rings. The lowest BCUT2D eigenvalue weighted by Gasteiger charge is -2.35. The van der Waals surface area contributed by atoms with Gasteiger partial charge in [-0.05, 0) is 45.6 Å². The first-order chi connectivity index (χ1) is 13.1. The predicted octanol–water partition coefficient (Wildman–Crippen LogP) is 2.71. The summed E-state index contributed by atoms with van der Waals surface area (Å²) in [6.45, 7) is 4.30. The zero-order valence-corrected chi connectivity index (χ0v) is 17.5. The highest BCUT2D eigenvalue weighted by atomic mass is 79.9. The lowest BCUT2D eigenvalue weighted by Crippen LogP contribution is -2.50. The molecule has 0 radical (unpaired) electrons. The fourth-order valence-electron chi connectivity index (χ4n) is 2.96. The highest BCUT2D eigenvalue weighted by molar-refractivity contribution is 9.10. The van der Waals surface area contributed by atoms with Crippen molar-refractivity contribution in [1.82, 2.24) is 15.1 Å². The van der Waals surface area contributed by atoms with E-state index in [-0.39, 0.29) is 11.8 Å².